The smallest absolute Gasteiger partial charge is 0.0666 e. The molecule has 0 aromatic rings. The third kappa shape index (κ3) is 4.40. The maximum atomic E-state index is 8.85. The van der Waals surface area contributed by atoms with Gasteiger partial charge in [0.25, 0.3) is 0 Å². The summed E-state index contributed by atoms with van der Waals surface area (Å²) in [6.07, 6.45) is 4.19. The van der Waals surface area contributed by atoms with E-state index in [1.807, 2.05) is 0 Å². The van der Waals surface area contributed by atoms with Gasteiger partial charge in [-0.1, -0.05) is 13.8 Å². The summed E-state index contributed by atoms with van der Waals surface area (Å²) in [4.78, 5) is 0. The van der Waals surface area contributed by atoms with Gasteiger partial charge in [-0.3, -0.25) is 0 Å². The Labute approximate surface area is 99.6 Å². The second-order valence-corrected chi connectivity index (χ2v) is 5.37. The molecule has 3 nitrogen and oxygen atoms in total. The highest BCUT2D eigenvalue weighted by atomic mass is 16.5. The predicted molar refractivity (Wildman–Crippen MR) is 66.5 cm³/mol. The van der Waals surface area contributed by atoms with Gasteiger partial charge in [0, 0.05) is 19.3 Å². The molecule has 0 aromatic heterocycles. The van der Waals surface area contributed by atoms with Crippen molar-refractivity contribution in [3.63, 3.8) is 0 Å². The first-order valence-corrected chi connectivity index (χ1v) is 6.58. The van der Waals surface area contributed by atoms with E-state index >= 15 is 0 Å². The number of ether oxygens (including phenoxy) is 1. The van der Waals surface area contributed by atoms with Crippen molar-refractivity contribution < 1.29 is 9.84 Å². The quantitative estimate of drug-likeness (QED) is 0.731. The average molecular weight is 229 g/mol. The van der Waals surface area contributed by atoms with E-state index in [9.17, 15) is 0 Å². The highest BCUT2D eigenvalue weighted by Gasteiger charge is 2.31. The van der Waals surface area contributed by atoms with E-state index in [-0.39, 0.29) is 5.60 Å². The fraction of sp³-hybridized carbons (Fsp3) is 1.00. The van der Waals surface area contributed by atoms with Crippen LogP contribution in [-0.4, -0.2) is 36.5 Å². The van der Waals surface area contributed by atoms with Gasteiger partial charge in [0.15, 0.2) is 0 Å². The highest BCUT2D eigenvalue weighted by molar-refractivity contribution is 4.85. The molecule has 3 unspecified atom stereocenters. The zero-order valence-electron chi connectivity index (χ0n) is 11.0. The van der Waals surface area contributed by atoms with Gasteiger partial charge in [-0.2, -0.15) is 0 Å². The molecule has 0 radical (unpaired) electrons. The van der Waals surface area contributed by atoms with Crippen LogP contribution >= 0.6 is 0 Å². The fourth-order valence-corrected chi connectivity index (χ4v) is 2.24. The first kappa shape index (κ1) is 13.9. The maximum Gasteiger partial charge on any atom is 0.0666 e. The number of rotatable bonds is 6. The topological polar surface area (TPSA) is 41.5 Å². The van der Waals surface area contributed by atoms with Crippen molar-refractivity contribution in [1.82, 2.24) is 5.32 Å². The summed E-state index contributed by atoms with van der Waals surface area (Å²) >= 11 is 0. The van der Waals surface area contributed by atoms with E-state index < -0.39 is 0 Å². The lowest BCUT2D eigenvalue weighted by molar-refractivity contribution is -0.0782. The van der Waals surface area contributed by atoms with E-state index in [0.717, 1.165) is 38.8 Å². The largest absolute Gasteiger partial charge is 0.396 e. The Bertz CT molecular complexity index is 198. The minimum atomic E-state index is 0.0656. The third-order valence-electron chi connectivity index (χ3n) is 3.72. The monoisotopic (exact) mass is 229 g/mol. The summed E-state index contributed by atoms with van der Waals surface area (Å²) in [5, 5.41) is 12.5. The SMILES string of the molecule is CCC1(C)CC(NCC(C)CCO)CCO1. The molecule has 1 fully saturated rings. The van der Waals surface area contributed by atoms with Crippen molar-refractivity contribution in [2.75, 3.05) is 19.8 Å². The first-order chi connectivity index (χ1) is 7.59. The molecule has 1 aliphatic rings. The molecular weight excluding hydrogens is 202 g/mol. The predicted octanol–water partition coefficient (Wildman–Crippen LogP) is 1.94. The number of aliphatic hydroxyl groups is 1. The van der Waals surface area contributed by atoms with Crippen LogP contribution < -0.4 is 5.32 Å². The van der Waals surface area contributed by atoms with Crippen molar-refractivity contribution in [2.45, 2.75) is 58.1 Å². The lowest BCUT2D eigenvalue weighted by Gasteiger charge is -2.38. The molecule has 0 spiro atoms. The minimum Gasteiger partial charge on any atom is -0.396 e. The summed E-state index contributed by atoms with van der Waals surface area (Å²) in [6.45, 7) is 8.75. The van der Waals surface area contributed by atoms with E-state index in [4.69, 9.17) is 9.84 Å². The van der Waals surface area contributed by atoms with Crippen LogP contribution in [0.2, 0.25) is 0 Å². The summed E-state index contributed by atoms with van der Waals surface area (Å²) in [5.74, 6) is 0.556. The van der Waals surface area contributed by atoms with Crippen LogP contribution in [-0.2, 0) is 4.74 Å². The fourth-order valence-electron chi connectivity index (χ4n) is 2.24. The third-order valence-corrected chi connectivity index (χ3v) is 3.72. The second kappa shape index (κ2) is 6.58. The lowest BCUT2D eigenvalue weighted by Crippen LogP contribution is -2.46. The first-order valence-electron chi connectivity index (χ1n) is 6.58. The summed E-state index contributed by atoms with van der Waals surface area (Å²) in [7, 11) is 0. The number of hydrogen-bond donors (Lipinski definition) is 2. The van der Waals surface area contributed by atoms with E-state index in [1.54, 1.807) is 0 Å². The van der Waals surface area contributed by atoms with Crippen LogP contribution in [0.4, 0.5) is 0 Å². The molecular formula is C13H27NO2. The summed E-state index contributed by atoms with van der Waals surface area (Å²) < 4.78 is 5.82. The van der Waals surface area contributed by atoms with Gasteiger partial charge in [0.05, 0.1) is 5.60 Å². The number of hydrogen-bond acceptors (Lipinski definition) is 3. The summed E-state index contributed by atoms with van der Waals surface area (Å²) in [5.41, 5.74) is 0.0656. The Morgan fingerprint density at radius 2 is 2.31 bits per heavy atom. The van der Waals surface area contributed by atoms with Crippen LogP contribution in [0.3, 0.4) is 0 Å². The van der Waals surface area contributed by atoms with E-state index in [2.05, 4.69) is 26.1 Å². The normalized spacial score (nSPS) is 32.6. The van der Waals surface area contributed by atoms with Crippen molar-refractivity contribution in [2.24, 2.45) is 5.92 Å². The molecule has 0 saturated carbocycles. The molecule has 96 valence electrons. The Balaban J connectivity index is 2.27. The van der Waals surface area contributed by atoms with Crippen molar-refractivity contribution in [1.29, 1.82) is 0 Å². The highest BCUT2D eigenvalue weighted by Crippen LogP contribution is 2.27. The standard InChI is InChI=1S/C13H27NO2/c1-4-13(3)9-12(6-8-16-13)14-10-11(2)5-7-15/h11-12,14-15H,4-10H2,1-3H3. The average Bonchev–Trinajstić information content (AvgIpc) is 2.27. The van der Waals surface area contributed by atoms with Gasteiger partial charge in [-0.05, 0) is 45.1 Å². The van der Waals surface area contributed by atoms with Gasteiger partial charge >= 0.3 is 0 Å². The molecule has 0 bridgehead atoms. The van der Waals surface area contributed by atoms with Crippen LogP contribution in [0.5, 0.6) is 0 Å². The lowest BCUT2D eigenvalue weighted by atomic mass is 9.89. The van der Waals surface area contributed by atoms with Gasteiger partial charge < -0.3 is 15.2 Å². The molecule has 3 heteroatoms. The van der Waals surface area contributed by atoms with E-state index in [0.29, 0.717) is 18.6 Å². The number of nitrogens with one attached hydrogen (secondary N) is 1. The van der Waals surface area contributed by atoms with Gasteiger partial charge in [0.2, 0.25) is 0 Å². The van der Waals surface area contributed by atoms with Crippen molar-refractivity contribution >= 4 is 0 Å². The zero-order valence-corrected chi connectivity index (χ0v) is 11.0. The molecule has 2 N–H and O–H groups in total. The minimum absolute atomic E-state index is 0.0656. The van der Waals surface area contributed by atoms with Gasteiger partial charge in [-0.25, -0.2) is 0 Å². The molecule has 1 heterocycles. The maximum absolute atomic E-state index is 8.85. The molecule has 0 amide bonds. The van der Waals surface area contributed by atoms with Crippen LogP contribution in [0.25, 0.3) is 0 Å². The van der Waals surface area contributed by atoms with Crippen molar-refractivity contribution in [3.05, 3.63) is 0 Å². The van der Waals surface area contributed by atoms with Crippen LogP contribution in [0.1, 0.15) is 46.5 Å². The van der Waals surface area contributed by atoms with Gasteiger partial charge in [0.1, 0.15) is 0 Å². The Hall–Kier alpha value is -0.120. The zero-order chi connectivity index (χ0) is 12.0. The molecule has 1 aliphatic heterocycles. The molecule has 1 saturated heterocycles. The van der Waals surface area contributed by atoms with E-state index in [1.165, 1.54) is 0 Å². The number of aliphatic hydroxyl groups excluding tert-OH is 1. The second-order valence-electron chi connectivity index (χ2n) is 5.37. The Morgan fingerprint density at radius 3 is 2.94 bits per heavy atom. The molecule has 1 rings (SSSR count). The Kier molecular flexibility index (Phi) is 5.73. The van der Waals surface area contributed by atoms with Crippen LogP contribution in [0, 0.1) is 5.92 Å². The summed E-state index contributed by atoms with van der Waals surface area (Å²) in [6, 6.07) is 0.583. The molecule has 16 heavy (non-hydrogen) atoms. The van der Waals surface area contributed by atoms with Crippen molar-refractivity contribution in [3.8, 4) is 0 Å². The van der Waals surface area contributed by atoms with Crippen LogP contribution in [0.15, 0.2) is 0 Å². The Morgan fingerprint density at radius 1 is 1.56 bits per heavy atom. The molecule has 0 aromatic carbocycles. The van der Waals surface area contributed by atoms with Gasteiger partial charge in [-0.15, -0.1) is 0 Å². The molecule has 0 aliphatic carbocycles. The molecule has 3 atom stereocenters.